The van der Waals surface area contributed by atoms with Crippen molar-refractivity contribution in [3.63, 3.8) is 0 Å². The number of benzene rings is 2. The van der Waals surface area contributed by atoms with Crippen molar-refractivity contribution in [1.82, 2.24) is 9.55 Å². The first-order chi connectivity index (χ1) is 16.1. The van der Waals surface area contributed by atoms with E-state index in [0.29, 0.717) is 35.0 Å². The van der Waals surface area contributed by atoms with Gasteiger partial charge in [0.05, 0.1) is 19.4 Å². The van der Waals surface area contributed by atoms with Crippen LogP contribution in [0.25, 0.3) is 17.1 Å². The highest BCUT2D eigenvalue weighted by Gasteiger charge is 2.29. The molecule has 6 heteroatoms. The molecule has 168 valence electrons. The minimum Gasteiger partial charge on any atom is -0.497 e. The van der Waals surface area contributed by atoms with E-state index in [-0.39, 0.29) is 6.61 Å². The van der Waals surface area contributed by atoms with Crippen LogP contribution in [0, 0.1) is 6.92 Å². The Morgan fingerprint density at radius 3 is 2.33 bits per heavy atom. The summed E-state index contributed by atoms with van der Waals surface area (Å²) in [5, 5.41) is 0. The maximum atomic E-state index is 13.1. The third-order valence-electron chi connectivity index (χ3n) is 5.29. The summed E-state index contributed by atoms with van der Waals surface area (Å²) in [6.07, 6.45) is 1.72. The summed E-state index contributed by atoms with van der Waals surface area (Å²) in [5.74, 6) is 0.897. The minimum atomic E-state index is -0.419. The number of methoxy groups -OCH3 is 1. The number of esters is 1. The van der Waals surface area contributed by atoms with E-state index in [1.54, 1.807) is 20.2 Å². The smallest absolute Gasteiger partial charge is 0.355 e. The summed E-state index contributed by atoms with van der Waals surface area (Å²) >= 11 is 0. The van der Waals surface area contributed by atoms with Gasteiger partial charge in [-0.15, -0.1) is 0 Å². The number of ether oxygens (including phenoxy) is 3. The van der Waals surface area contributed by atoms with Crippen molar-refractivity contribution in [2.45, 2.75) is 20.5 Å². The van der Waals surface area contributed by atoms with E-state index in [1.165, 1.54) is 0 Å². The Morgan fingerprint density at radius 1 is 0.970 bits per heavy atom. The second kappa shape index (κ2) is 10.0. The van der Waals surface area contributed by atoms with Crippen LogP contribution in [0.4, 0.5) is 0 Å². The first kappa shape index (κ1) is 22.1. The molecule has 0 unspecified atom stereocenters. The van der Waals surface area contributed by atoms with Gasteiger partial charge >= 0.3 is 5.97 Å². The average molecular weight is 443 g/mol. The zero-order valence-electron chi connectivity index (χ0n) is 18.9. The van der Waals surface area contributed by atoms with Crippen molar-refractivity contribution in [3.05, 3.63) is 95.8 Å². The summed E-state index contributed by atoms with van der Waals surface area (Å²) in [6.45, 7) is 4.29. The summed E-state index contributed by atoms with van der Waals surface area (Å²) in [7, 11) is 1.62. The number of pyridine rings is 1. The molecule has 0 bridgehead atoms. The number of rotatable bonds is 8. The first-order valence-corrected chi connectivity index (χ1v) is 10.8. The molecule has 0 aliphatic rings. The van der Waals surface area contributed by atoms with E-state index in [4.69, 9.17) is 14.2 Å². The molecule has 0 N–H and O–H groups in total. The number of nitrogens with zero attached hydrogens (tertiary/aromatic N) is 2. The van der Waals surface area contributed by atoms with Crippen molar-refractivity contribution < 1.29 is 19.0 Å². The lowest BCUT2D eigenvalue weighted by atomic mass is 10.2. The summed E-state index contributed by atoms with van der Waals surface area (Å²) < 4.78 is 18.9. The van der Waals surface area contributed by atoms with Crippen molar-refractivity contribution in [2.75, 3.05) is 13.7 Å². The van der Waals surface area contributed by atoms with Gasteiger partial charge < -0.3 is 14.2 Å². The van der Waals surface area contributed by atoms with Crippen LogP contribution in [0.15, 0.2) is 79.0 Å². The summed E-state index contributed by atoms with van der Waals surface area (Å²) in [4.78, 5) is 17.7. The van der Waals surface area contributed by atoms with Crippen LogP contribution in [-0.2, 0) is 11.3 Å². The Hall–Kier alpha value is -4.06. The van der Waals surface area contributed by atoms with Crippen LogP contribution in [0.5, 0.6) is 11.5 Å². The predicted molar refractivity (Wildman–Crippen MR) is 127 cm³/mol. The normalized spacial score (nSPS) is 10.6. The molecule has 0 aliphatic heterocycles. The van der Waals surface area contributed by atoms with Gasteiger partial charge in [0, 0.05) is 17.4 Å². The molecule has 0 amide bonds. The fourth-order valence-corrected chi connectivity index (χ4v) is 3.74. The Labute approximate surface area is 193 Å². The van der Waals surface area contributed by atoms with Gasteiger partial charge in [0.1, 0.15) is 23.7 Å². The molecule has 0 atom stereocenters. The van der Waals surface area contributed by atoms with E-state index >= 15 is 0 Å². The molecular formula is C27H26N2O4. The van der Waals surface area contributed by atoms with Gasteiger partial charge in [0.2, 0.25) is 0 Å². The fraction of sp³-hybridized carbons (Fsp3) is 0.185. The van der Waals surface area contributed by atoms with Crippen LogP contribution in [0.2, 0.25) is 0 Å². The summed E-state index contributed by atoms with van der Waals surface area (Å²) in [6, 6.07) is 23.1. The Kier molecular flexibility index (Phi) is 6.74. The lowest BCUT2D eigenvalue weighted by Gasteiger charge is -2.14. The van der Waals surface area contributed by atoms with E-state index in [0.717, 1.165) is 17.0 Å². The van der Waals surface area contributed by atoms with Crippen LogP contribution in [-0.4, -0.2) is 29.2 Å². The minimum absolute atomic E-state index is 0.269. The maximum absolute atomic E-state index is 13.1. The molecular weight excluding hydrogens is 416 g/mol. The number of hydrogen-bond donors (Lipinski definition) is 0. The molecule has 0 saturated heterocycles. The Bertz CT molecular complexity index is 1220. The van der Waals surface area contributed by atoms with Gasteiger partial charge in [-0.3, -0.25) is 9.55 Å². The molecule has 4 rings (SSSR count). The van der Waals surface area contributed by atoms with Gasteiger partial charge in [-0.1, -0.05) is 36.4 Å². The molecule has 4 aromatic rings. The van der Waals surface area contributed by atoms with Crippen LogP contribution in [0.3, 0.4) is 0 Å². The van der Waals surface area contributed by atoms with E-state index in [9.17, 15) is 4.79 Å². The number of aromatic nitrogens is 2. The molecule has 0 spiro atoms. The average Bonchev–Trinajstić information content (AvgIpc) is 3.16. The highest BCUT2D eigenvalue weighted by molar-refractivity contribution is 5.94. The van der Waals surface area contributed by atoms with Crippen molar-refractivity contribution in [1.29, 1.82) is 0 Å². The largest absolute Gasteiger partial charge is 0.497 e. The van der Waals surface area contributed by atoms with Crippen molar-refractivity contribution >= 4 is 5.97 Å². The maximum Gasteiger partial charge on any atom is 0.355 e. The van der Waals surface area contributed by atoms with Gasteiger partial charge in [-0.2, -0.15) is 0 Å². The second-order valence-corrected chi connectivity index (χ2v) is 7.39. The molecule has 6 nitrogen and oxygen atoms in total. The van der Waals surface area contributed by atoms with Gasteiger partial charge in [-0.05, 0) is 55.8 Å². The topological polar surface area (TPSA) is 62.6 Å². The zero-order valence-corrected chi connectivity index (χ0v) is 18.9. The number of carbonyl (C=O) groups excluding carboxylic acids is 1. The molecule has 2 heterocycles. The predicted octanol–water partition coefficient (Wildman–Crippen LogP) is 5.61. The van der Waals surface area contributed by atoms with Crippen molar-refractivity contribution in [3.8, 4) is 28.6 Å². The van der Waals surface area contributed by atoms with E-state index < -0.39 is 5.97 Å². The lowest BCUT2D eigenvalue weighted by Crippen LogP contribution is -2.13. The van der Waals surface area contributed by atoms with Crippen LogP contribution in [0.1, 0.15) is 28.5 Å². The Morgan fingerprint density at radius 2 is 1.70 bits per heavy atom. The van der Waals surface area contributed by atoms with Crippen LogP contribution < -0.4 is 9.47 Å². The first-order valence-electron chi connectivity index (χ1n) is 10.8. The summed E-state index contributed by atoms with van der Waals surface area (Å²) in [5.41, 5.74) is 4.29. The monoisotopic (exact) mass is 442 g/mol. The standard InChI is InChI=1S/C27H26N2O4/c1-4-32-27(30)24-19(2)26(33-18-20-10-6-5-7-11-20)25(23-12-8-9-17-28-23)29(24)21-13-15-22(31-3)16-14-21/h5-17H,4,18H2,1-3H3. The fourth-order valence-electron chi connectivity index (χ4n) is 3.74. The highest BCUT2D eigenvalue weighted by Crippen LogP contribution is 2.40. The quantitative estimate of drug-likeness (QED) is 0.332. The van der Waals surface area contributed by atoms with E-state index in [2.05, 4.69) is 4.98 Å². The van der Waals surface area contributed by atoms with Gasteiger partial charge in [-0.25, -0.2) is 4.79 Å². The SMILES string of the molecule is CCOC(=O)c1c(C)c(OCc2ccccc2)c(-c2ccccn2)n1-c1ccc(OC)cc1. The molecule has 0 fully saturated rings. The third-order valence-corrected chi connectivity index (χ3v) is 5.29. The highest BCUT2D eigenvalue weighted by atomic mass is 16.5. The van der Waals surface area contributed by atoms with Crippen LogP contribution >= 0.6 is 0 Å². The third kappa shape index (κ3) is 4.60. The van der Waals surface area contributed by atoms with Gasteiger partial charge in [0.15, 0.2) is 5.75 Å². The molecule has 33 heavy (non-hydrogen) atoms. The molecule has 0 aliphatic carbocycles. The zero-order chi connectivity index (χ0) is 23.2. The molecule has 2 aromatic carbocycles. The Balaban J connectivity index is 1.93. The van der Waals surface area contributed by atoms with Gasteiger partial charge in [0.25, 0.3) is 0 Å². The number of carbonyl (C=O) groups is 1. The lowest BCUT2D eigenvalue weighted by molar-refractivity contribution is 0.0516. The van der Waals surface area contributed by atoms with Crippen molar-refractivity contribution in [2.24, 2.45) is 0 Å². The second-order valence-electron chi connectivity index (χ2n) is 7.39. The number of hydrogen-bond acceptors (Lipinski definition) is 5. The molecule has 0 radical (unpaired) electrons. The molecule has 0 saturated carbocycles. The molecule has 2 aromatic heterocycles. The van der Waals surface area contributed by atoms with E-state index in [1.807, 2.05) is 84.3 Å².